The number of thiazole rings is 1. The van der Waals surface area contributed by atoms with Crippen molar-refractivity contribution in [2.75, 3.05) is 5.75 Å². The van der Waals surface area contributed by atoms with Crippen LogP contribution in [0.15, 0.2) is 16.5 Å². The van der Waals surface area contributed by atoms with Gasteiger partial charge < -0.3 is 0 Å². The van der Waals surface area contributed by atoms with Crippen LogP contribution in [-0.2, 0) is 0 Å². The Hall–Kier alpha value is -0.540. The molecule has 0 amide bonds. The first-order chi connectivity index (χ1) is 7.29. The molecular formula is C12H14NS2. The normalized spacial score (nSPS) is 11.1. The van der Waals surface area contributed by atoms with Gasteiger partial charge in [-0.2, -0.15) is 0 Å². The fourth-order valence-electron chi connectivity index (χ4n) is 1.31. The number of hydrogen-bond acceptors (Lipinski definition) is 3. The number of rotatable bonds is 4. The quantitative estimate of drug-likeness (QED) is 0.580. The monoisotopic (exact) mass is 236 g/mol. The van der Waals surface area contributed by atoms with Crippen molar-refractivity contribution in [1.82, 2.24) is 4.98 Å². The van der Waals surface area contributed by atoms with Crippen LogP contribution < -0.4 is 0 Å². The third kappa shape index (κ3) is 2.73. The van der Waals surface area contributed by atoms with Gasteiger partial charge in [0.05, 0.1) is 10.2 Å². The Morgan fingerprint density at radius 3 is 3.20 bits per heavy atom. The molecule has 0 N–H and O–H groups in total. The molecule has 0 saturated carbocycles. The van der Waals surface area contributed by atoms with E-state index in [0.717, 1.165) is 5.52 Å². The Bertz CT molecular complexity index is 448. The molecule has 79 valence electrons. The number of benzene rings is 1. The van der Waals surface area contributed by atoms with Gasteiger partial charge in [0.25, 0.3) is 0 Å². The lowest BCUT2D eigenvalue weighted by molar-refractivity contribution is 0.896. The second-order valence-electron chi connectivity index (χ2n) is 3.57. The maximum absolute atomic E-state index is 4.55. The third-order valence-electron chi connectivity index (χ3n) is 2.15. The third-order valence-corrected chi connectivity index (χ3v) is 4.38. The maximum Gasteiger partial charge on any atom is 0.151 e. The molecule has 0 saturated heterocycles. The fraction of sp³-hybridized carbons (Fsp3) is 0.417. The van der Waals surface area contributed by atoms with E-state index in [1.165, 1.54) is 33.2 Å². The molecular weight excluding hydrogens is 222 g/mol. The topological polar surface area (TPSA) is 12.9 Å². The van der Waals surface area contributed by atoms with E-state index < -0.39 is 0 Å². The molecule has 2 rings (SSSR count). The second-order valence-corrected chi connectivity index (χ2v) is 5.94. The van der Waals surface area contributed by atoms with Crippen molar-refractivity contribution in [1.29, 1.82) is 0 Å². The number of hydrogen-bond donors (Lipinski definition) is 0. The lowest BCUT2D eigenvalue weighted by Gasteiger charge is -1.92. The molecule has 1 aromatic carbocycles. The van der Waals surface area contributed by atoms with Crippen molar-refractivity contribution in [3.63, 3.8) is 0 Å². The molecule has 0 fully saturated rings. The summed E-state index contributed by atoms with van der Waals surface area (Å²) >= 11 is 3.65. The minimum Gasteiger partial charge on any atom is -0.229 e. The summed E-state index contributed by atoms with van der Waals surface area (Å²) in [6.45, 7) is 4.32. The zero-order chi connectivity index (χ0) is 10.7. The highest BCUT2D eigenvalue weighted by Gasteiger charge is 2.03. The summed E-state index contributed by atoms with van der Waals surface area (Å²) in [6, 6.07) is 7.41. The summed E-state index contributed by atoms with van der Waals surface area (Å²) in [5.41, 5.74) is 2.28. The summed E-state index contributed by atoms with van der Waals surface area (Å²) in [7, 11) is 0. The van der Waals surface area contributed by atoms with Crippen molar-refractivity contribution in [3.8, 4) is 0 Å². The van der Waals surface area contributed by atoms with Gasteiger partial charge in [0.15, 0.2) is 4.34 Å². The van der Waals surface area contributed by atoms with Gasteiger partial charge in [0.2, 0.25) is 0 Å². The van der Waals surface area contributed by atoms with Crippen LogP contribution in [0, 0.1) is 13.0 Å². The smallest absolute Gasteiger partial charge is 0.151 e. The number of fused-ring (bicyclic) bond motifs is 1. The number of aryl methyl sites for hydroxylation is 1. The van der Waals surface area contributed by atoms with E-state index in [0.29, 0.717) is 0 Å². The predicted molar refractivity (Wildman–Crippen MR) is 68.8 cm³/mol. The molecule has 0 spiro atoms. The van der Waals surface area contributed by atoms with Crippen LogP contribution in [0.5, 0.6) is 0 Å². The number of nitrogens with zero attached hydrogens (tertiary/aromatic N) is 1. The van der Waals surface area contributed by atoms with Crippen molar-refractivity contribution in [3.05, 3.63) is 23.8 Å². The maximum atomic E-state index is 4.55. The molecule has 0 aliphatic carbocycles. The summed E-state index contributed by atoms with van der Waals surface area (Å²) in [5.74, 6) is 1.18. The van der Waals surface area contributed by atoms with E-state index in [4.69, 9.17) is 0 Å². The van der Waals surface area contributed by atoms with Gasteiger partial charge >= 0.3 is 0 Å². The average molecular weight is 236 g/mol. The first-order valence-electron chi connectivity index (χ1n) is 5.21. The van der Waals surface area contributed by atoms with E-state index in [2.05, 4.69) is 31.0 Å². The van der Waals surface area contributed by atoms with E-state index in [9.17, 15) is 0 Å². The summed E-state index contributed by atoms with van der Waals surface area (Å²) in [5, 5.41) is 0. The summed E-state index contributed by atoms with van der Waals surface area (Å²) < 4.78 is 2.44. The SMILES string of the molecule is CCCCSc1nc2[c]cc(C)cc2s1. The standard InChI is InChI=1S/C12H14NS2/c1-3-4-7-14-12-13-10-6-5-9(2)8-11(10)15-12/h5,8H,3-4,7H2,1-2H3. The number of aromatic nitrogens is 1. The molecule has 0 atom stereocenters. The van der Waals surface area contributed by atoms with Crippen molar-refractivity contribution < 1.29 is 0 Å². The predicted octanol–water partition coefficient (Wildman–Crippen LogP) is 4.30. The lowest BCUT2D eigenvalue weighted by Crippen LogP contribution is -1.76. The largest absolute Gasteiger partial charge is 0.229 e. The van der Waals surface area contributed by atoms with Gasteiger partial charge in [0, 0.05) is 11.8 Å². The highest BCUT2D eigenvalue weighted by atomic mass is 32.2. The van der Waals surface area contributed by atoms with Crippen molar-refractivity contribution in [2.24, 2.45) is 0 Å². The summed E-state index contributed by atoms with van der Waals surface area (Å²) in [4.78, 5) is 4.55. The molecule has 15 heavy (non-hydrogen) atoms. The fourth-order valence-corrected chi connectivity index (χ4v) is 3.60. The van der Waals surface area contributed by atoms with E-state index in [1.54, 1.807) is 11.3 Å². The van der Waals surface area contributed by atoms with Crippen LogP contribution in [0.4, 0.5) is 0 Å². The zero-order valence-electron chi connectivity index (χ0n) is 9.04. The minimum atomic E-state index is 1.02. The van der Waals surface area contributed by atoms with Crippen LogP contribution in [0.2, 0.25) is 0 Å². The second kappa shape index (κ2) is 4.99. The van der Waals surface area contributed by atoms with Crippen molar-refractivity contribution in [2.45, 2.75) is 31.0 Å². The van der Waals surface area contributed by atoms with Crippen LogP contribution >= 0.6 is 23.1 Å². The van der Waals surface area contributed by atoms with Gasteiger partial charge in [-0.25, -0.2) is 4.98 Å². The van der Waals surface area contributed by atoms with Gasteiger partial charge in [-0.1, -0.05) is 25.1 Å². The molecule has 0 aliphatic heterocycles. The zero-order valence-corrected chi connectivity index (χ0v) is 10.7. The summed E-state index contributed by atoms with van der Waals surface area (Å²) in [6.07, 6.45) is 2.52. The van der Waals surface area contributed by atoms with Crippen LogP contribution in [0.25, 0.3) is 10.2 Å². The highest BCUT2D eigenvalue weighted by molar-refractivity contribution is 8.01. The first kappa shape index (κ1) is 11.0. The van der Waals surface area contributed by atoms with Gasteiger partial charge in [-0.15, -0.1) is 11.3 Å². The van der Waals surface area contributed by atoms with E-state index in [1.807, 2.05) is 17.8 Å². The number of unbranched alkanes of at least 4 members (excludes halogenated alkanes) is 1. The van der Waals surface area contributed by atoms with E-state index >= 15 is 0 Å². The van der Waals surface area contributed by atoms with Gasteiger partial charge in [0.1, 0.15) is 0 Å². The first-order valence-corrected chi connectivity index (χ1v) is 7.01. The molecule has 1 radical (unpaired) electrons. The molecule has 1 nitrogen and oxygen atoms in total. The Morgan fingerprint density at radius 2 is 2.40 bits per heavy atom. The Morgan fingerprint density at radius 1 is 1.53 bits per heavy atom. The molecule has 2 aromatic rings. The van der Waals surface area contributed by atoms with Crippen LogP contribution in [0.3, 0.4) is 0 Å². The lowest BCUT2D eigenvalue weighted by atomic mass is 10.2. The molecule has 1 aromatic heterocycles. The Balaban J connectivity index is 2.16. The van der Waals surface area contributed by atoms with Crippen molar-refractivity contribution >= 4 is 33.3 Å². The van der Waals surface area contributed by atoms with Crippen LogP contribution in [0.1, 0.15) is 25.3 Å². The van der Waals surface area contributed by atoms with E-state index in [-0.39, 0.29) is 0 Å². The van der Waals surface area contributed by atoms with Gasteiger partial charge in [-0.05, 0) is 31.0 Å². The molecule has 0 aliphatic rings. The molecule has 0 unspecified atom stereocenters. The van der Waals surface area contributed by atoms with Crippen LogP contribution in [-0.4, -0.2) is 10.7 Å². The molecule has 3 heteroatoms. The highest BCUT2D eigenvalue weighted by Crippen LogP contribution is 2.30. The number of thioether (sulfide) groups is 1. The minimum absolute atomic E-state index is 1.02. The Kier molecular flexibility index (Phi) is 3.65. The molecule has 1 heterocycles. The average Bonchev–Trinajstić information content (AvgIpc) is 2.60. The van der Waals surface area contributed by atoms with Gasteiger partial charge in [-0.3, -0.25) is 0 Å². The molecule has 0 bridgehead atoms. The Labute approximate surface area is 98.9 Å².